The van der Waals surface area contributed by atoms with Crippen LogP contribution in [0.2, 0.25) is 0 Å². The molecule has 2 aromatic heterocycles. The Bertz CT molecular complexity index is 1330. The number of aromatic nitrogens is 4. The Hall–Kier alpha value is -3.13. The highest BCUT2D eigenvalue weighted by Crippen LogP contribution is 2.23. The van der Waals surface area contributed by atoms with Crippen LogP contribution in [0.15, 0.2) is 64.5 Å². The number of rotatable bonds is 9. The third kappa shape index (κ3) is 5.17. The summed E-state index contributed by atoms with van der Waals surface area (Å²) in [7, 11) is 0. The molecule has 8 heteroatoms. The summed E-state index contributed by atoms with van der Waals surface area (Å²) in [4.78, 5) is 28.3. The summed E-state index contributed by atoms with van der Waals surface area (Å²) >= 11 is 1.37. The zero-order chi connectivity index (χ0) is 24.2. The number of amides is 1. The molecule has 0 spiro atoms. The molecule has 0 bridgehead atoms. The molecule has 0 fully saturated rings. The van der Waals surface area contributed by atoms with Gasteiger partial charge in [0, 0.05) is 13.1 Å². The van der Waals surface area contributed by atoms with Gasteiger partial charge in [-0.15, -0.1) is 10.2 Å². The van der Waals surface area contributed by atoms with Crippen LogP contribution in [0.3, 0.4) is 0 Å². The predicted octanol–water partition coefficient (Wildman–Crippen LogP) is 4.33. The van der Waals surface area contributed by atoms with Gasteiger partial charge in [-0.3, -0.25) is 18.6 Å². The monoisotopic (exact) mass is 477 g/mol. The minimum absolute atomic E-state index is 0.0889. The molecule has 1 amide bonds. The first-order valence-electron chi connectivity index (χ1n) is 11.7. The molecule has 34 heavy (non-hydrogen) atoms. The molecule has 0 saturated carbocycles. The normalized spacial score (nSPS) is 11.7. The van der Waals surface area contributed by atoms with E-state index < -0.39 is 0 Å². The smallest absolute Gasteiger partial charge is 0.263 e. The molecule has 178 valence electrons. The van der Waals surface area contributed by atoms with Gasteiger partial charge in [-0.25, -0.2) is 0 Å². The highest BCUT2D eigenvalue weighted by atomic mass is 32.2. The van der Waals surface area contributed by atoms with Gasteiger partial charge in [0.25, 0.3) is 5.56 Å². The first-order chi connectivity index (χ1) is 16.3. The van der Waals surface area contributed by atoms with Crippen molar-refractivity contribution in [1.82, 2.24) is 24.1 Å². The van der Waals surface area contributed by atoms with Gasteiger partial charge >= 0.3 is 0 Å². The summed E-state index contributed by atoms with van der Waals surface area (Å²) in [5, 5.41) is 9.97. The Labute approximate surface area is 203 Å². The number of benzene rings is 2. The second-order valence-electron chi connectivity index (χ2n) is 9.39. The van der Waals surface area contributed by atoms with Crippen LogP contribution in [0.25, 0.3) is 16.7 Å². The Balaban J connectivity index is 1.71. The van der Waals surface area contributed by atoms with Gasteiger partial charge in [0.1, 0.15) is 0 Å². The molecule has 0 aliphatic rings. The molecule has 2 aromatic carbocycles. The lowest BCUT2D eigenvalue weighted by molar-refractivity contribution is -0.129. The van der Waals surface area contributed by atoms with Crippen LogP contribution in [-0.4, -0.2) is 48.8 Å². The molecule has 0 aliphatic carbocycles. The first-order valence-corrected chi connectivity index (χ1v) is 12.6. The second-order valence-corrected chi connectivity index (χ2v) is 10.3. The van der Waals surface area contributed by atoms with Crippen LogP contribution >= 0.6 is 11.8 Å². The zero-order valence-corrected chi connectivity index (χ0v) is 21.0. The first kappa shape index (κ1) is 24.0. The summed E-state index contributed by atoms with van der Waals surface area (Å²) in [5.41, 5.74) is 1.65. The molecular formula is C26H31N5O2S. The van der Waals surface area contributed by atoms with E-state index >= 15 is 0 Å². The van der Waals surface area contributed by atoms with E-state index in [0.29, 0.717) is 34.7 Å². The number of hydrogen-bond acceptors (Lipinski definition) is 5. The average Bonchev–Trinajstić information content (AvgIpc) is 3.24. The lowest BCUT2D eigenvalue weighted by Crippen LogP contribution is -2.38. The van der Waals surface area contributed by atoms with Gasteiger partial charge in [0.15, 0.2) is 5.16 Å². The van der Waals surface area contributed by atoms with Gasteiger partial charge in [0.2, 0.25) is 11.7 Å². The van der Waals surface area contributed by atoms with Crippen LogP contribution < -0.4 is 5.56 Å². The Morgan fingerprint density at radius 1 is 0.941 bits per heavy atom. The number of hydrogen-bond donors (Lipinski definition) is 0. The molecule has 0 N–H and O–H groups in total. The van der Waals surface area contributed by atoms with Crippen molar-refractivity contribution >= 4 is 34.3 Å². The van der Waals surface area contributed by atoms with Gasteiger partial charge < -0.3 is 4.90 Å². The summed E-state index contributed by atoms with van der Waals surface area (Å²) in [6.07, 6.45) is 0. The average molecular weight is 478 g/mol. The van der Waals surface area contributed by atoms with E-state index in [2.05, 4.69) is 37.9 Å². The lowest BCUT2D eigenvalue weighted by Gasteiger charge is -2.26. The van der Waals surface area contributed by atoms with Crippen molar-refractivity contribution in [1.29, 1.82) is 0 Å². The molecule has 2 heterocycles. The molecule has 7 nitrogen and oxygen atoms in total. The van der Waals surface area contributed by atoms with Crippen LogP contribution in [0, 0.1) is 11.8 Å². The molecule has 0 saturated heterocycles. The van der Waals surface area contributed by atoms with Crippen molar-refractivity contribution in [3.05, 3.63) is 70.5 Å². The molecule has 4 rings (SSSR count). The number of carbonyl (C=O) groups excluding carboxylic acids is 1. The largest absolute Gasteiger partial charge is 0.341 e. The minimum Gasteiger partial charge on any atom is -0.341 e. The summed E-state index contributed by atoms with van der Waals surface area (Å²) in [6.45, 7) is 10.4. The summed E-state index contributed by atoms with van der Waals surface area (Å²) in [6, 6.07) is 17.3. The minimum atomic E-state index is -0.105. The number of carbonyl (C=O) groups is 1. The quantitative estimate of drug-likeness (QED) is 0.336. The summed E-state index contributed by atoms with van der Waals surface area (Å²) in [5.74, 6) is 1.64. The van der Waals surface area contributed by atoms with Crippen LogP contribution in [0.1, 0.15) is 33.3 Å². The van der Waals surface area contributed by atoms with E-state index in [0.717, 1.165) is 24.2 Å². The van der Waals surface area contributed by atoms with Gasteiger partial charge in [0.05, 0.1) is 23.2 Å². The third-order valence-electron chi connectivity index (χ3n) is 5.51. The third-order valence-corrected chi connectivity index (χ3v) is 6.42. The zero-order valence-electron chi connectivity index (χ0n) is 20.1. The van der Waals surface area contributed by atoms with Crippen molar-refractivity contribution in [3.63, 3.8) is 0 Å². The summed E-state index contributed by atoms with van der Waals surface area (Å²) < 4.78 is 3.55. The van der Waals surface area contributed by atoms with Crippen molar-refractivity contribution in [2.45, 2.75) is 39.4 Å². The van der Waals surface area contributed by atoms with E-state index in [-0.39, 0.29) is 17.2 Å². The maximum atomic E-state index is 13.3. The van der Waals surface area contributed by atoms with Gasteiger partial charge in [-0.05, 0) is 29.5 Å². The highest BCUT2D eigenvalue weighted by molar-refractivity contribution is 7.99. The van der Waals surface area contributed by atoms with Crippen LogP contribution in [-0.2, 0) is 11.3 Å². The van der Waals surface area contributed by atoms with E-state index in [1.54, 1.807) is 4.57 Å². The fraction of sp³-hybridized carbons (Fsp3) is 0.385. The number of para-hydroxylation sites is 1. The highest BCUT2D eigenvalue weighted by Gasteiger charge is 2.20. The Morgan fingerprint density at radius 3 is 2.26 bits per heavy atom. The van der Waals surface area contributed by atoms with Crippen molar-refractivity contribution in [2.75, 3.05) is 18.8 Å². The topological polar surface area (TPSA) is 72.5 Å². The van der Waals surface area contributed by atoms with Crippen molar-refractivity contribution < 1.29 is 4.79 Å². The molecule has 0 unspecified atom stereocenters. The van der Waals surface area contributed by atoms with E-state index in [1.807, 2.05) is 63.9 Å². The molecule has 0 aliphatic heterocycles. The van der Waals surface area contributed by atoms with Crippen LogP contribution in [0.4, 0.5) is 0 Å². The number of nitrogens with zero attached hydrogens (tertiary/aromatic N) is 5. The fourth-order valence-corrected chi connectivity index (χ4v) is 4.96. The molecule has 4 aromatic rings. The maximum absolute atomic E-state index is 13.3. The van der Waals surface area contributed by atoms with E-state index in [4.69, 9.17) is 0 Å². The Kier molecular flexibility index (Phi) is 7.36. The SMILES string of the molecule is CC(C)CN(CC(C)C)C(=O)CSc1nnc2n(Cc3ccccc3)c(=O)c3ccccc3n12. The van der Waals surface area contributed by atoms with Gasteiger partial charge in [-0.1, -0.05) is 81.9 Å². The maximum Gasteiger partial charge on any atom is 0.263 e. The van der Waals surface area contributed by atoms with E-state index in [9.17, 15) is 9.59 Å². The Morgan fingerprint density at radius 2 is 1.59 bits per heavy atom. The van der Waals surface area contributed by atoms with E-state index in [1.165, 1.54) is 11.8 Å². The fourth-order valence-electron chi connectivity index (χ4n) is 4.11. The lowest BCUT2D eigenvalue weighted by atomic mass is 10.1. The number of thioether (sulfide) groups is 1. The predicted molar refractivity (Wildman–Crippen MR) is 137 cm³/mol. The van der Waals surface area contributed by atoms with Crippen LogP contribution in [0.5, 0.6) is 0 Å². The number of fused-ring (bicyclic) bond motifs is 3. The standard InChI is InChI=1S/C26H31N5O2S/c1-18(2)14-29(15-19(3)4)23(32)17-34-26-28-27-25-30(16-20-10-6-5-7-11-20)24(33)21-12-8-9-13-22(21)31(25)26/h5-13,18-19H,14-17H2,1-4H3. The van der Waals surface area contributed by atoms with Crippen molar-refractivity contribution in [2.24, 2.45) is 11.8 Å². The van der Waals surface area contributed by atoms with Crippen molar-refractivity contribution in [3.8, 4) is 0 Å². The second kappa shape index (κ2) is 10.4. The molecule has 0 atom stereocenters. The van der Waals surface area contributed by atoms with Gasteiger partial charge in [-0.2, -0.15) is 0 Å². The molecular weight excluding hydrogens is 446 g/mol. The molecule has 0 radical (unpaired) electrons.